The zero-order valence-electron chi connectivity index (χ0n) is 15.6. The molecule has 0 bridgehead atoms. The first kappa shape index (κ1) is 17.1. The summed E-state index contributed by atoms with van der Waals surface area (Å²) < 4.78 is 10.7. The Morgan fingerprint density at radius 1 is 1.03 bits per heavy atom. The van der Waals surface area contributed by atoms with Gasteiger partial charge in [0.05, 0.1) is 7.11 Å². The number of H-pyrrole nitrogens is 1. The largest absolute Gasteiger partial charge is 0.453 e. The number of hydrogen-bond donors (Lipinski definition) is 2. The summed E-state index contributed by atoms with van der Waals surface area (Å²) >= 11 is 0. The number of oxazole rings is 1. The van der Waals surface area contributed by atoms with Crippen LogP contribution in [0.25, 0.3) is 44.6 Å². The van der Waals surface area contributed by atoms with Crippen LogP contribution >= 0.6 is 0 Å². The molecular formula is C23H17N3O3. The Labute approximate surface area is 166 Å². The lowest BCUT2D eigenvalue weighted by Crippen LogP contribution is -2.11. The molecule has 0 saturated carbocycles. The van der Waals surface area contributed by atoms with Crippen LogP contribution in [0.15, 0.2) is 77.3 Å². The molecule has 142 valence electrons. The van der Waals surface area contributed by atoms with Gasteiger partial charge in [0, 0.05) is 28.4 Å². The van der Waals surface area contributed by atoms with Crippen LogP contribution in [0.5, 0.6) is 0 Å². The summed E-state index contributed by atoms with van der Waals surface area (Å²) in [4.78, 5) is 19.6. The van der Waals surface area contributed by atoms with Crippen molar-refractivity contribution in [1.82, 2.24) is 9.97 Å². The number of carbonyl (C=O) groups is 1. The maximum Gasteiger partial charge on any atom is 0.411 e. The fourth-order valence-electron chi connectivity index (χ4n) is 3.48. The van der Waals surface area contributed by atoms with Crippen LogP contribution in [0, 0.1) is 0 Å². The number of aromatic nitrogens is 2. The number of nitrogens with zero attached hydrogens (tertiary/aromatic N) is 1. The Balaban J connectivity index is 1.70. The minimum absolute atomic E-state index is 0.488. The highest BCUT2D eigenvalue weighted by Gasteiger charge is 2.14. The van der Waals surface area contributed by atoms with Crippen molar-refractivity contribution in [3.8, 4) is 22.6 Å². The van der Waals surface area contributed by atoms with Crippen molar-refractivity contribution in [3.05, 3.63) is 72.9 Å². The first-order chi connectivity index (χ1) is 14.2. The molecule has 3 aromatic carbocycles. The Morgan fingerprint density at radius 3 is 2.76 bits per heavy atom. The normalized spacial score (nSPS) is 11.1. The number of hydrogen-bond acceptors (Lipinski definition) is 4. The summed E-state index contributed by atoms with van der Waals surface area (Å²) in [7, 11) is 1.33. The lowest BCUT2D eigenvalue weighted by molar-refractivity contribution is 0.187. The van der Waals surface area contributed by atoms with E-state index in [2.05, 4.69) is 15.3 Å². The first-order valence-electron chi connectivity index (χ1n) is 9.14. The van der Waals surface area contributed by atoms with Crippen LogP contribution in [0.1, 0.15) is 0 Å². The number of benzene rings is 3. The van der Waals surface area contributed by atoms with E-state index in [1.807, 2.05) is 72.9 Å². The van der Waals surface area contributed by atoms with Gasteiger partial charge in [-0.3, -0.25) is 5.32 Å². The van der Waals surface area contributed by atoms with E-state index in [1.54, 1.807) is 0 Å². The van der Waals surface area contributed by atoms with Crippen LogP contribution in [-0.4, -0.2) is 23.2 Å². The highest BCUT2D eigenvalue weighted by Crippen LogP contribution is 2.34. The zero-order valence-corrected chi connectivity index (χ0v) is 15.6. The molecule has 5 rings (SSSR count). The summed E-state index contributed by atoms with van der Waals surface area (Å²) in [5, 5.41) is 3.84. The molecule has 2 N–H and O–H groups in total. The van der Waals surface area contributed by atoms with Gasteiger partial charge in [-0.15, -0.1) is 0 Å². The van der Waals surface area contributed by atoms with E-state index >= 15 is 0 Å². The molecule has 0 aliphatic heterocycles. The first-order valence-corrected chi connectivity index (χ1v) is 9.14. The molecule has 1 amide bonds. The maximum absolute atomic E-state index is 11.8. The highest BCUT2D eigenvalue weighted by atomic mass is 16.5. The van der Waals surface area contributed by atoms with Crippen molar-refractivity contribution in [2.24, 2.45) is 0 Å². The second-order valence-electron chi connectivity index (χ2n) is 6.65. The number of carbonyl (C=O) groups excluding carboxylic acids is 1. The molecule has 0 radical (unpaired) electrons. The molecule has 0 atom stereocenters. The van der Waals surface area contributed by atoms with Crippen LogP contribution in [0.2, 0.25) is 0 Å². The Bertz CT molecular complexity index is 1320. The molecular weight excluding hydrogens is 366 g/mol. The smallest absolute Gasteiger partial charge is 0.411 e. The third kappa shape index (κ3) is 3.10. The molecule has 2 aromatic heterocycles. The third-order valence-electron chi connectivity index (χ3n) is 4.81. The zero-order chi connectivity index (χ0) is 19.8. The molecule has 2 heterocycles. The van der Waals surface area contributed by atoms with Gasteiger partial charge in [0.2, 0.25) is 5.89 Å². The Kier molecular flexibility index (Phi) is 4.02. The van der Waals surface area contributed by atoms with E-state index in [4.69, 9.17) is 9.15 Å². The molecule has 29 heavy (non-hydrogen) atoms. The van der Waals surface area contributed by atoms with Crippen LogP contribution < -0.4 is 5.32 Å². The van der Waals surface area contributed by atoms with E-state index in [0.29, 0.717) is 17.2 Å². The molecule has 0 aliphatic rings. The van der Waals surface area contributed by atoms with Gasteiger partial charge >= 0.3 is 6.09 Å². The number of amides is 1. The summed E-state index contributed by atoms with van der Waals surface area (Å²) in [6.45, 7) is 0. The SMILES string of the molecule is COC(=O)Nc1cc(-c2nc3ccccc3o2)cc(-c2cccc3[nH]ccc23)c1. The standard InChI is InChI=1S/C23H17N3O3/c1-28-23(27)25-16-12-14(17-5-4-7-19-18(17)9-10-24-19)11-15(13-16)22-26-20-6-2-3-8-21(20)29-22/h2-13,24H,1H3,(H,25,27). The Hall–Kier alpha value is -4.06. The van der Waals surface area contributed by atoms with Crippen molar-refractivity contribution in [1.29, 1.82) is 0 Å². The van der Waals surface area contributed by atoms with Crippen LogP contribution in [0.4, 0.5) is 10.5 Å². The van der Waals surface area contributed by atoms with Crippen LogP contribution in [-0.2, 0) is 4.74 Å². The van der Waals surface area contributed by atoms with E-state index in [9.17, 15) is 4.79 Å². The average Bonchev–Trinajstić information content (AvgIpc) is 3.40. The lowest BCUT2D eigenvalue weighted by atomic mass is 9.99. The highest BCUT2D eigenvalue weighted by molar-refractivity contribution is 5.97. The number of anilines is 1. The molecule has 6 heteroatoms. The predicted molar refractivity (Wildman–Crippen MR) is 113 cm³/mol. The molecule has 0 aliphatic carbocycles. The minimum atomic E-state index is -0.537. The van der Waals surface area contributed by atoms with Gasteiger partial charge in [-0.25, -0.2) is 9.78 Å². The number of rotatable bonds is 3. The number of aromatic amines is 1. The molecule has 0 fully saturated rings. The number of nitrogens with one attached hydrogen (secondary N) is 2. The van der Waals surface area contributed by atoms with E-state index in [0.717, 1.165) is 33.1 Å². The second kappa shape index (κ2) is 6.83. The topological polar surface area (TPSA) is 80.2 Å². The lowest BCUT2D eigenvalue weighted by Gasteiger charge is -2.10. The predicted octanol–water partition coefficient (Wildman–Crippen LogP) is 5.82. The number of para-hydroxylation sites is 2. The summed E-state index contributed by atoms with van der Waals surface area (Å²) in [6, 6.07) is 21.4. The van der Waals surface area contributed by atoms with Gasteiger partial charge < -0.3 is 14.1 Å². The van der Waals surface area contributed by atoms with Crippen molar-refractivity contribution in [2.45, 2.75) is 0 Å². The number of methoxy groups -OCH3 is 1. The summed E-state index contributed by atoms with van der Waals surface area (Å²) in [5.41, 5.74) is 5.86. The fraction of sp³-hybridized carbons (Fsp3) is 0.0435. The molecule has 0 spiro atoms. The van der Waals surface area contributed by atoms with Crippen LogP contribution in [0.3, 0.4) is 0 Å². The minimum Gasteiger partial charge on any atom is -0.453 e. The molecule has 0 unspecified atom stereocenters. The van der Waals surface area contributed by atoms with Crippen molar-refractivity contribution < 1.29 is 13.9 Å². The van der Waals surface area contributed by atoms with Gasteiger partial charge in [0.15, 0.2) is 5.58 Å². The van der Waals surface area contributed by atoms with E-state index in [-0.39, 0.29) is 0 Å². The molecule has 5 aromatic rings. The summed E-state index contributed by atoms with van der Waals surface area (Å²) in [5.74, 6) is 0.488. The number of fused-ring (bicyclic) bond motifs is 2. The van der Waals surface area contributed by atoms with Crippen molar-refractivity contribution in [3.63, 3.8) is 0 Å². The average molecular weight is 383 g/mol. The fourth-order valence-corrected chi connectivity index (χ4v) is 3.48. The van der Waals surface area contributed by atoms with Gasteiger partial charge in [0.25, 0.3) is 0 Å². The van der Waals surface area contributed by atoms with Crippen molar-refractivity contribution >= 4 is 33.8 Å². The summed E-state index contributed by atoms with van der Waals surface area (Å²) in [6.07, 6.45) is 1.37. The number of ether oxygens (including phenoxy) is 1. The van der Waals surface area contributed by atoms with E-state index in [1.165, 1.54) is 7.11 Å². The van der Waals surface area contributed by atoms with Gasteiger partial charge in [-0.1, -0.05) is 24.3 Å². The van der Waals surface area contributed by atoms with Gasteiger partial charge in [0.1, 0.15) is 5.52 Å². The monoisotopic (exact) mass is 383 g/mol. The quantitative estimate of drug-likeness (QED) is 0.411. The third-order valence-corrected chi connectivity index (χ3v) is 4.81. The van der Waals surface area contributed by atoms with E-state index < -0.39 is 6.09 Å². The van der Waals surface area contributed by atoms with Gasteiger partial charge in [-0.2, -0.15) is 0 Å². The molecule has 0 saturated heterocycles. The van der Waals surface area contributed by atoms with Gasteiger partial charge in [-0.05, 0) is 53.6 Å². The maximum atomic E-state index is 11.8. The Morgan fingerprint density at radius 2 is 1.90 bits per heavy atom. The molecule has 6 nitrogen and oxygen atoms in total. The van der Waals surface area contributed by atoms with Crippen molar-refractivity contribution in [2.75, 3.05) is 12.4 Å². The second-order valence-corrected chi connectivity index (χ2v) is 6.65.